The highest BCUT2D eigenvalue weighted by molar-refractivity contribution is 7.25. The maximum absolute atomic E-state index is 5.79. The van der Waals surface area contributed by atoms with Crippen molar-refractivity contribution in [1.29, 1.82) is 0 Å². The number of rotatable bonds is 0. The SMILES string of the molecule is Nc1ccc2sc3ccc(N)cc3c2c1. The van der Waals surface area contributed by atoms with Gasteiger partial charge in [0.25, 0.3) is 0 Å². The Hall–Kier alpha value is -1.74. The summed E-state index contributed by atoms with van der Waals surface area (Å²) in [5.74, 6) is 0. The van der Waals surface area contributed by atoms with Crippen LogP contribution < -0.4 is 11.5 Å². The van der Waals surface area contributed by atoms with Gasteiger partial charge >= 0.3 is 0 Å². The Bertz CT molecular complexity index is 599. The average Bonchev–Trinajstić information content (AvgIpc) is 2.56. The van der Waals surface area contributed by atoms with E-state index >= 15 is 0 Å². The van der Waals surface area contributed by atoms with E-state index in [1.165, 1.54) is 20.2 Å². The third-order valence-corrected chi connectivity index (χ3v) is 3.67. The third-order valence-electron chi connectivity index (χ3n) is 2.52. The van der Waals surface area contributed by atoms with Crippen LogP contribution >= 0.6 is 11.3 Å². The van der Waals surface area contributed by atoms with E-state index in [2.05, 4.69) is 12.1 Å². The lowest BCUT2D eigenvalue weighted by molar-refractivity contribution is 1.77. The number of thiophene rings is 1. The molecule has 1 heterocycles. The summed E-state index contributed by atoms with van der Waals surface area (Å²) in [6.45, 7) is 0. The molecule has 0 unspecified atom stereocenters. The summed E-state index contributed by atoms with van der Waals surface area (Å²) >= 11 is 1.77. The van der Waals surface area contributed by atoms with Gasteiger partial charge in [-0.15, -0.1) is 11.3 Å². The number of hydrogen-bond donors (Lipinski definition) is 2. The second-order valence-electron chi connectivity index (χ2n) is 3.61. The monoisotopic (exact) mass is 214 g/mol. The molecule has 1 aromatic heterocycles. The molecule has 4 N–H and O–H groups in total. The molecule has 0 atom stereocenters. The fraction of sp³-hybridized carbons (Fsp3) is 0. The molecule has 0 spiro atoms. The molecule has 0 aliphatic carbocycles. The minimum absolute atomic E-state index is 0.796. The topological polar surface area (TPSA) is 52.0 Å². The molecule has 0 saturated heterocycles. The molecule has 3 heteroatoms. The number of hydrogen-bond acceptors (Lipinski definition) is 3. The van der Waals surface area contributed by atoms with Gasteiger partial charge in [-0.3, -0.25) is 0 Å². The molecule has 0 fully saturated rings. The number of nitrogens with two attached hydrogens (primary N) is 2. The summed E-state index contributed by atoms with van der Waals surface area (Å²) in [5, 5.41) is 2.39. The summed E-state index contributed by atoms with van der Waals surface area (Å²) in [6.07, 6.45) is 0. The lowest BCUT2D eigenvalue weighted by Gasteiger charge is -1.95. The Kier molecular flexibility index (Phi) is 1.64. The maximum atomic E-state index is 5.79. The molecule has 0 bridgehead atoms. The Balaban J connectivity index is 2.55. The van der Waals surface area contributed by atoms with Crippen LogP contribution in [0.2, 0.25) is 0 Å². The zero-order valence-corrected chi connectivity index (χ0v) is 8.84. The molecule has 74 valence electrons. The fourth-order valence-electron chi connectivity index (χ4n) is 1.81. The van der Waals surface area contributed by atoms with Crippen LogP contribution in [0.3, 0.4) is 0 Å². The number of anilines is 2. The van der Waals surface area contributed by atoms with Crippen molar-refractivity contribution in [2.24, 2.45) is 0 Å². The summed E-state index contributed by atoms with van der Waals surface area (Å²) < 4.78 is 2.51. The smallest absolute Gasteiger partial charge is 0.0356 e. The van der Waals surface area contributed by atoms with E-state index in [0.717, 1.165) is 11.4 Å². The first-order valence-corrected chi connectivity index (χ1v) is 5.53. The highest BCUT2D eigenvalue weighted by atomic mass is 32.1. The van der Waals surface area contributed by atoms with Gasteiger partial charge < -0.3 is 11.5 Å². The van der Waals surface area contributed by atoms with E-state index in [0.29, 0.717) is 0 Å². The normalized spacial score (nSPS) is 11.2. The van der Waals surface area contributed by atoms with Crippen molar-refractivity contribution in [1.82, 2.24) is 0 Å². The minimum atomic E-state index is 0.796. The second kappa shape index (κ2) is 2.87. The predicted molar refractivity (Wildman–Crippen MR) is 68.2 cm³/mol. The fourth-order valence-corrected chi connectivity index (χ4v) is 2.88. The summed E-state index contributed by atoms with van der Waals surface area (Å²) in [5.41, 5.74) is 13.2. The van der Waals surface area contributed by atoms with E-state index in [4.69, 9.17) is 11.5 Å². The highest BCUT2D eigenvalue weighted by Crippen LogP contribution is 2.35. The van der Waals surface area contributed by atoms with Gasteiger partial charge in [0.05, 0.1) is 0 Å². The molecule has 15 heavy (non-hydrogen) atoms. The van der Waals surface area contributed by atoms with Gasteiger partial charge in [0.15, 0.2) is 0 Å². The van der Waals surface area contributed by atoms with E-state index in [-0.39, 0.29) is 0 Å². The number of fused-ring (bicyclic) bond motifs is 3. The van der Waals surface area contributed by atoms with Crippen LogP contribution in [0.25, 0.3) is 20.2 Å². The van der Waals surface area contributed by atoms with Crippen LogP contribution in [-0.2, 0) is 0 Å². The van der Waals surface area contributed by atoms with Crippen LogP contribution in [0.4, 0.5) is 11.4 Å². The van der Waals surface area contributed by atoms with Gasteiger partial charge in [-0.25, -0.2) is 0 Å². The largest absolute Gasteiger partial charge is 0.399 e. The van der Waals surface area contributed by atoms with Crippen LogP contribution in [0.5, 0.6) is 0 Å². The minimum Gasteiger partial charge on any atom is -0.399 e. The molecule has 3 rings (SSSR count). The maximum Gasteiger partial charge on any atom is 0.0356 e. The molecule has 2 aromatic carbocycles. The standard InChI is InChI=1S/C12H10N2S/c13-7-1-3-11-9(5-7)10-6-8(14)2-4-12(10)15-11/h1-6H,13-14H2. The molecule has 0 aliphatic rings. The van der Waals surface area contributed by atoms with Crippen LogP contribution in [0.1, 0.15) is 0 Å². The molecular formula is C12H10N2S. The Morgan fingerprint density at radius 3 is 1.67 bits per heavy atom. The summed E-state index contributed by atoms with van der Waals surface area (Å²) in [4.78, 5) is 0. The van der Waals surface area contributed by atoms with Gasteiger partial charge in [-0.05, 0) is 36.4 Å². The molecule has 0 amide bonds. The van der Waals surface area contributed by atoms with Crippen molar-refractivity contribution in [3.05, 3.63) is 36.4 Å². The lowest BCUT2D eigenvalue weighted by atomic mass is 10.1. The van der Waals surface area contributed by atoms with E-state index < -0.39 is 0 Å². The van der Waals surface area contributed by atoms with E-state index in [1.807, 2.05) is 24.3 Å². The summed E-state index contributed by atoms with van der Waals surface area (Å²) in [6, 6.07) is 12.0. The van der Waals surface area contributed by atoms with E-state index in [1.54, 1.807) is 11.3 Å². The van der Waals surface area contributed by atoms with Gasteiger partial charge in [-0.2, -0.15) is 0 Å². The quantitative estimate of drug-likeness (QED) is 0.564. The van der Waals surface area contributed by atoms with Crippen LogP contribution in [-0.4, -0.2) is 0 Å². The zero-order chi connectivity index (χ0) is 10.4. The third kappa shape index (κ3) is 1.24. The van der Waals surface area contributed by atoms with Gasteiger partial charge in [0, 0.05) is 31.5 Å². The Morgan fingerprint density at radius 1 is 0.733 bits per heavy atom. The first-order chi connectivity index (χ1) is 7.24. The Labute approximate surface area is 91.1 Å². The highest BCUT2D eigenvalue weighted by Gasteiger charge is 2.04. The zero-order valence-electron chi connectivity index (χ0n) is 8.03. The van der Waals surface area contributed by atoms with Crippen molar-refractivity contribution in [2.75, 3.05) is 11.5 Å². The second-order valence-corrected chi connectivity index (χ2v) is 4.70. The van der Waals surface area contributed by atoms with Crippen LogP contribution in [0, 0.1) is 0 Å². The molecule has 0 aliphatic heterocycles. The predicted octanol–water partition coefficient (Wildman–Crippen LogP) is 3.22. The van der Waals surface area contributed by atoms with Crippen molar-refractivity contribution in [3.63, 3.8) is 0 Å². The lowest BCUT2D eigenvalue weighted by Crippen LogP contribution is -1.83. The molecule has 3 aromatic rings. The first kappa shape index (κ1) is 8.56. The number of nitrogen functional groups attached to an aromatic ring is 2. The van der Waals surface area contributed by atoms with Crippen molar-refractivity contribution in [3.8, 4) is 0 Å². The molecule has 0 saturated carbocycles. The van der Waals surface area contributed by atoms with Crippen molar-refractivity contribution < 1.29 is 0 Å². The van der Waals surface area contributed by atoms with Gasteiger partial charge in [0.1, 0.15) is 0 Å². The van der Waals surface area contributed by atoms with Gasteiger partial charge in [-0.1, -0.05) is 0 Å². The number of benzene rings is 2. The van der Waals surface area contributed by atoms with Crippen molar-refractivity contribution in [2.45, 2.75) is 0 Å². The molecule has 0 radical (unpaired) electrons. The Morgan fingerprint density at radius 2 is 1.20 bits per heavy atom. The molecular weight excluding hydrogens is 204 g/mol. The first-order valence-electron chi connectivity index (χ1n) is 4.71. The summed E-state index contributed by atoms with van der Waals surface area (Å²) in [7, 11) is 0. The molecule has 2 nitrogen and oxygen atoms in total. The van der Waals surface area contributed by atoms with Crippen LogP contribution in [0.15, 0.2) is 36.4 Å². The van der Waals surface area contributed by atoms with E-state index in [9.17, 15) is 0 Å². The van der Waals surface area contributed by atoms with Crippen molar-refractivity contribution >= 4 is 42.9 Å². The average molecular weight is 214 g/mol. The van der Waals surface area contributed by atoms with Gasteiger partial charge in [0.2, 0.25) is 0 Å².